The van der Waals surface area contributed by atoms with Gasteiger partial charge in [-0.1, -0.05) is 31.0 Å². The van der Waals surface area contributed by atoms with Crippen molar-refractivity contribution in [2.75, 3.05) is 7.11 Å². The number of aromatic nitrogens is 1. The van der Waals surface area contributed by atoms with Crippen LogP contribution < -0.4 is 4.74 Å². The minimum atomic E-state index is -0.659. The molecule has 1 aliphatic carbocycles. The second kappa shape index (κ2) is 12.2. The summed E-state index contributed by atoms with van der Waals surface area (Å²) >= 11 is 7.45. The van der Waals surface area contributed by atoms with E-state index in [1.54, 1.807) is 24.3 Å². The number of hydrogen-bond acceptors (Lipinski definition) is 5. The number of ether oxygens (including phenoxy) is 1. The fourth-order valence-corrected chi connectivity index (χ4v) is 7.17. The maximum absolute atomic E-state index is 14.7. The van der Waals surface area contributed by atoms with Crippen molar-refractivity contribution in [1.29, 1.82) is 0 Å². The number of Topliss-reactive ketones (excluding diaryl/α,β-unsaturated/α-hetero) is 1. The first kappa shape index (κ1) is 29.1. The van der Waals surface area contributed by atoms with Gasteiger partial charge in [-0.25, -0.2) is 8.78 Å². The van der Waals surface area contributed by atoms with Crippen molar-refractivity contribution in [3.63, 3.8) is 0 Å². The number of carbonyl (C=O) groups excluding carboxylic acids is 2. The Morgan fingerprint density at radius 2 is 1.76 bits per heavy atom. The molecule has 2 aromatic heterocycles. The first-order chi connectivity index (χ1) is 19.7. The lowest BCUT2D eigenvalue weighted by atomic mass is 9.83. The maximum atomic E-state index is 14.7. The van der Waals surface area contributed by atoms with E-state index in [0.29, 0.717) is 17.4 Å². The van der Waals surface area contributed by atoms with Gasteiger partial charge in [-0.3, -0.25) is 14.6 Å². The fraction of sp³-hybridized carbons (Fsp3) is 0.344. The van der Waals surface area contributed by atoms with E-state index < -0.39 is 11.6 Å². The van der Waals surface area contributed by atoms with E-state index in [1.165, 1.54) is 6.92 Å². The first-order valence-electron chi connectivity index (χ1n) is 13.7. The molecule has 0 unspecified atom stereocenters. The molecule has 5 nitrogen and oxygen atoms in total. The summed E-state index contributed by atoms with van der Waals surface area (Å²) in [6, 6.07) is 11.3. The van der Waals surface area contributed by atoms with E-state index in [4.69, 9.17) is 16.3 Å². The van der Waals surface area contributed by atoms with Crippen LogP contribution >= 0.6 is 22.9 Å². The van der Waals surface area contributed by atoms with Crippen LogP contribution in [-0.4, -0.2) is 34.7 Å². The van der Waals surface area contributed by atoms with Crippen LogP contribution in [-0.2, 0) is 6.54 Å². The zero-order valence-corrected chi connectivity index (χ0v) is 24.7. The number of rotatable bonds is 8. The van der Waals surface area contributed by atoms with Crippen molar-refractivity contribution in [3.8, 4) is 16.9 Å². The molecule has 1 fully saturated rings. The standard InChI is InChI=1S/C32H31ClF2N2O3S/c1-4-19-5-8-23(9-6-19)37(32(39)31-29(33)28-24(34)10-11-25(35)30(28)41-31)17-22-15-20(7-12-27(22)40-3)21-13-14-36-26(16-21)18(2)38/h7,10-16,19,23H,4-6,8-9,17H2,1-3H3/t19-,23-. The normalized spacial score (nSPS) is 17.0. The monoisotopic (exact) mass is 596 g/mol. The predicted octanol–water partition coefficient (Wildman–Crippen LogP) is 8.72. The Balaban J connectivity index is 1.56. The number of nitrogens with zero attached hydrogens (tertiary/aromatic N) is 2. The lowest BCUT2D eigenvalue weighted by molar-refractivity contribution is 0.0591. The second-order valence-corrected chi connectivity index (χ2v) is 11.9. The van der Waals surface area contributed by atoms with Crippen molar-refractivity contribution < 1.29 is 23.1 Å². The van der Waals surface area contributed by atoms with Crippen molar-refractivity contribution in [2.45, 2.75) is 58.5 Å². The summed E-state index contributed by atoms with van der Waals surface area (Å²) in [4.78, 5) is 32.2. The Morgan fingerprint density at radius 3 is 2.41 bits per heavy atom. The Kier molecular flexibility index (Phi) is 8.71. The van der Waals surface area contributed by atoms with E-state index >= 15 is 0 Å². The summed E-state index contributed by atoms with van der Waals surface area (Å²) in [7, 11) is 1.58. The SMILES string of the molecule is CC[C@H]1CC[C@H](N(Cc2cc(-c3ccnc(C(C)=O)c3)ccc2OC)C(=O)c2sc3c(F)ccc(F)c3c2Cl)CC1. The third-order valence-corrected chi connectivity index (χ3v) is 9.72. The highest BCUT2D eigenvalue weighted by Crippen LogP contribution is 2.41. The first-order valence-corrected chi connectivity index (χ1v) is 14.9. The van der Waals surface area contributed by atoms with E-state index in [0.717, 1.165) is 72.3 Å². The molecule has 9 heteroatoms. The Hall–Kier alpha value is -3.36. The van der Waals surface area contributed by atoms with Gasteiger partial charge >= 0.3 is 0 Å². The van der Waals surface area contributed by atoms with Crippen molar-refractivity contribution in [3.05, 3.63) is 81.5 Å². The molecule has 214 valence electrons. The van der Waals surface area contributed by atoms with Crippen LogP contribution in [0.1, 0.15) is 71.7 Å². The molecule has 1 saturated carbocycles. The number of fused-ring (bicyclic) bond motifs is 1. The van der Waals surface area contributed by atoms with Gasteiger partial charge in [0.1, 0.15) is 28.0 Å². The van der Waals surface area contributed by atoms with Crippen LogP contribution in [0.5, 0.6) is 5.75 Å². The van der Waals surface area contributed by atoms with Crippen LogP contribution in [0.15, 0.2) is 48.7 Å². The van der Waals surface area contributed by atoms with E-state index in [-0.39, 0.29) is 44.3 Å². The number of ketones is 1. The molecule has 0 atom stereocenters. The number of hydrogen-bond donors (Lipinski definition) is 0. The highest BCUT2D eigenvalue weighted by atomic mass is 35.5. The van der Waals surface area contributed by atoms with E-state index in [1.807, 2.05) is 24.3 Å². The topological polar surface area (TPSA) is 59.5 Å². The molecule has 5 rings (SSSR count). The van der Waals surface area contributed by atoms with Crippen LogP contribution in [0, 0.1) is 17.6 Å². The number of carbonyl (C=O) groups is 2. The molecule has 1 aliphatic rings. The Bertz CT molecular complexity index is 1610. The molecule has 4 aromatic rings. The van der Waals surface area contributed by atoms with Gasteiger partial charge in [0.15, 0.2) is 5.78 Å². The second-order valence-electron chi connectivity index (χ2n) is 10.5. The average molecular weight is 597 g/mol. The predicted molar refractivity (Wildman–Crippen MR) is 159 cm³/mol. The molecule has 0 N–H and O–H groups in total. The molecule has 0 radical (unpaired) electrons. The summed E-state index contributed by atoms with van der Waals surface area (Å²) in [5.41, 5.74) is 2.79. The zero-order valence-electron chi connectivity index (χ0n) is 23.2. The minimum Gasteiger partial charge on any atom is -0.496 e. The molecule has 0 bridgehead atoms. The number of amides is 1. The summed E-state index contributed by atoms with van der Waals surface area (Å²) < 4.78 is 35.0. The number of methoxy groups -OCH3 is 1. The summed E-state index contributed by atoms with van der Waals surface area (Å²) in [5, 5.41) is -0.123. The van der Waals surface area contributed by atoms with E-state index in [2.05, 4.69) is 11.9 Å². The number of pyridine rings is 1. The third-order valence-electron chi connectivity index (χ3n) is 8.05. The van der Waals surface area contributed by atoms with Gasteiger partial charge in [-0.15, -0.1) is 11.3 Å². The molecule has 0 aliphatic heterocycles. The lowest BCUT2D eigenvalue weighted by Crippen LogP contribution is -2.41. The van der Waals surface area contributed by atoms with Gasteiger partial charge in [0.2, 0.25) is 0 Å². The molecule has 0 saturated heterocycles. The molecular weight excluding hydrogens is 566 g/mol. The van der Waals surface area contributed by atoms with Crippen LogP contribution in [0.25, 0.3) is 21.2 Å². The van der Waals surface area contributed by atoms with Crippen molar-refractivity contribution in [1.82, 2.24) is 9.88 Å². The summed E-state index contributed by atoms with van der Waals surface area (Å²) in [5.74, 6) is -0.542. The van der Waals surface area contributed by atoms with Gasteiger partial charge in [0, 0.05) is 31.3 Å². The van der Waals surface area contributed by atoms with Gasteiger partial charge in [-0.2, -0.15) is 0 Å². The van der Waals surface area contributed by atoms with Crippen LogP contribution in [0.2, 0.25) is 5.02 Å². The molecule has 1 amide bonds. The maximum Gasteiger partial charge on any atom is 0.266 e. The van der Waals surface area contributed by atoms with Crippen molar-refractivity contribution in [2.24, 2.45) is 5.92 Å². The van der Waals surface area contributed by atoms with Gasteiger partial charge in [0.25, 0.3) is 5.91 Å². The summed E-state index contributed by atoms with van der Waals surface area (Å²) in [6.45, 7) is 3.87. The third kappa shape index (κ3) is 5.86. The quantitative estimate of drug-likeness (QED) is 0.191. The summed E-state index contributed by atoms with van der Waals surface area (Å²) in [6.07, 6.45) is 6.32. The number of halogens is 3. The average Bonchev–Trinajstić information content (AvgIpc) is 3.35. The Morgan fingerprint density at radius 1 is 1.05 bits per heavy atom. The zero-order chi connectivity index (χ0) is 29.3. The molecule has 41 heavy (non-hydrogen) atoms. The number of benzene rings is 2. The van der Waals surface area contributed by atoms with E-state index in [9.17, 15) is 18.4 Å². The largest absolute Gasteiger partial charge is 0.496 e. The number of thiophene rings is 1. The molecule has 2 aromatic carbocycles. The van der Waals surface area contributed by atoms with Gasteiger partial charge in [0.05, 0.1) is 22.2 Å². The molecule has 2 heterocycles. The fourth-order valence-electron chi connectivity index (χ4n) is 5.67. The van der Waals surface area contributed by atoms with Crippen LogP contribution in [0.4, 0.5) is 8.78 Å². The Labute approximate surface area is 247 Å². The molecule has 0 spiro atoms. The van der Waals surface area contributed by atoms with Gasteiger partial charge < -0.3 is 9.64 Å². The molecular formula is C32H31ClF2N2O3S. The van der Waals surface area contributed by atoms with Crippen LogP contribution in [0.3, 0.4) is 0 Å². The van der Waals surface area contributed by atoms with Gasteiger partial charge in [-0.05, 0) is 79.1 Å². The highest BCUT2D eigenvalue weighted by molar-refractivity contribution is 7.21. The smallest absolute Gasteiger partial charge is 0.266 e. The lowest BCUT2D eigenvalue weighted by Gasteiger charge is -2.37. The minimum absolute atomic E-state index is 0.0338. The van der Waals surface area contributed by atoms with Crippen molar-refractivity contribution >= 4 is 44.7 Å². The highest BCUT2D eigenvalue weighted by Gasteiger charge is 2.33.